The molecule has 1 aromatic rings. The summed E-state index contributed by atoms with van der Waals surface area (Å²) in [5.74, 6) is 1.13. The van der Waals surface area contributed by atoms with Gasteiger partial charge in [-0.15, -0.1) is 0 Å². The van der Waals surface area contributed by atoms with Crippen LogP contribution in [-0.2, 0) is 30.7 Å². The van der Waals surface area contributed by atoms with Crippen LogP contribution in [0.2, 0.25) is 0 Å². The Bertz CT molecular complexity index is 451. The molecule has 0 fully saturated rings. The Morgan fingerprint density at radius 2 is 2.32 bits per heavy atom. The summed E-state index contributed by atoms with van der Waals surface area (Å²) in [5, 5.41) is 6.29. The number of hydrogen-bond acceptors (Lipinski definition) is 3. The highest BCUT2D eigenvalue weighted by molar-refractivity contribution is 5.76. The fourth-order valence-electron chi connectivity index (χ4n) is 2.54. The van der Waals surface area contributed by atoms with E-state index in [1.54, 1.807) is 0 Å². The molecule has 1 amide bonds. The Morgan fingerprint density at radius 1 is 1.53 bits per heavy atom. The average molecular weight is 264 g/mol. The van der Waals surface area contributed by atoms with E-state index in [4.69, 9.17) is 4.98 Å². The summed E-state index contributed by atoms with van der Waals surface area (Å²) in [6.07, 6.45) is 2.94. The van der Waals surface area contributed by atoms with Gasteiger partial charge >= 0.3 is 0 Å². The third-order valence-corrected chi connectivity index (χ3v) is 3.29. The molecule has 19 heavy (non-hydrogen) atoms. The van der Waals surface area contributed by atoms with Crippen LogP contribution in [-0.4, -0.2) is 28.0 Å². The summed E-state index contributed by atoms with van der Waals surface area (Å²) in [6.45, 7) is 8.30. The Morgan fingerprint density at radius 3 is 3.00 bits per heavy atom. The van der Waals surface area contributed by atoms with Crippen molar-refractivity contribution >= 4 is 5.91 Å². The van der Waals surface area contributed by atoms with E-state index in [0.717, 1.165) is 43.9 Å². The number of hydrogen-bond donors (Lipinski definition) is 2. The maximum atomic E-state index is 12.0. The van der Waals surface area contributed by atoms with Crippen LogP contribution < -0.4 is 10.6 Å². The second kappa shape index (κ2) is 6.19. The van der Waals surface area contributed by atoms with Gasteiger partial charge in [-0.05, 0) is 20.3 Å². The van der Waals surface area contributed by atoms with Gasteiger partial charge in [0.2, 0.25) is 5.91 Å². The normalized spacial score (nSPS) is 14.5. The van der Waals surface area contributed by atoms with E-state index in [9.17, 15) is 4.79 Å². The van der Waals surface area contributed by atoms with Crippen molar-refractivity contribution in [3.63, 3.8) is 0 Å². The number of aryl methyl sites for hydroxylation is 1. The number of amides is 1. The number of nitrogens with zero attached hydrogens (tertiary/aromatic N) is 2. The monoisotopic (exact) mass is 264 g/mol. The summed E-state index contributed by atoms with van der Waals surface area (Å²) < 4.78 is 2.12. The highest BCUT2D eigenvalue weighted by atomic mass is 16.2. The standard InChI is InChI=1S/C14H24N4O/c1-4-5-13-17-11-8-15-7-6-12(11)18(13)9-14(19)16-10(2)3/h10,15H,4-9H2,1-3H3,(H,16,19). The molecule has 5 heteroatoms. The maximum absolute atomic E-state index is 12.0. The second-order valence-electron chi connectivity index (χ2n) is 5.41. The van der Waals surface area contributed by atoms with Crippen LogP contribution in [0.25, 0.3) is 0 Å². The molecule has 0 saturated carbocycles. The predicted molar refractivity (Wildman–Crippen MR) is 74.9 cm³/mol. The van der Waals surface area contributed by atoms with Gasteiger partial charge in [0.15, 0.2) is 0 Å². The Hall–Kier alpha value is -1.36. The predicted octanol–water partition coefficient (Wildman–Crippen LogP) is 1.01. The molecule has 0 aliphatic carbocycles. The first-order valence-electron chi connectivity index (χ1n) is 7.19. The number of imidazole rings is 1. The highest BCUT2D eigenvalue weighted by Gasteiger charge is 2.20. The third kappa shape index (κ3) is 3.35. The SMILES string of the molecule is CCCc1nc2c(n1CC(=O)NC(C)C)CCNC2. The number of fused-ring (bicyclic) bond motifs is 1. The van der Waals surface area contributed by atoms with Crippen LogP contribution >= 0.6 is 0 Å². The van der Waals surface area contributed by atoms with Gasteiger partial charge in [-0.3, -0.25) is 4.79 Å². The molecule has 2 N–H and O–H groups in total. The molecule has 0 bridgehead atoms. The van der Waals surface area contributed by atoms with E-state index in [1.165, 1.54) is 5.69 Å². The lowest BCUT2D eigenvalue weighted by Gasteiger charge is -2.16. The average Bonchev–Trinajstić information content (AvgIpc) is 2.67. The van der Waals surface area contributed by atoms with Gasteiger partial charge in [-0.25, -0.2) is 4.98 Å². The first kappa shape index (κ1) is 14.1. The Kier molecular flexibility index (Phi) is 4.58. The smallest absolute Gasteiger partial charge is 0.240 e. The molecule has 1 aromatic heterocycles. The molecule has 0 aromatic carbocycles. The lowest BCUT2D eigenvalue weighted by Crippen LogP contribution is -2.34. The zero-order chi connectivity index (χ0) is 13.8. The van der Waals surface area contributed by atoms with Crippen molar-refractivity contribution in [1.82, 2.24) is 20.2 Å². The van der Waals surface area contributed by atoms with E-state index in [1.807, 2.05) is 13.8 Å². The van der Waals surface area contributed by atoms with Crippen molar-refractivity contribution in [1.29, 1.82) is 0 Å². The molecule has 1 aliphatic heterocycles. The summed E-state index contributed by atoms with van der Waals surface area (Å²) in [7, 11) is 0. The second-order valence-corrected chi connectivity index (χ2v) is 5.41. The summed E-state index contributed by atoms with van der Waals surface area (Å²) in [6, 6.07) is 0.183. The third-order valence-electron chi connectivity index (χ3n) is 3.29. The van der Waals surface area contributed by atoms with Crippen molar-refractivity contribution in [2.24, 2.45) is 0 Å². The molecule has 2 heterocycles. The number of carbonyl (C=O) groups is 1. The molecule has 0 spiro atoms. The van der Waals surface area contributed by atoms with E-state index in [2.05, 4.69) is 22.1 Å². The molecule has 5 nitrogen and oxygen atoms in total. The van der Waals surface area contributed by atoms with Crippen LogP contribution in [0.5, 0.6) is 0 Å². The lowest BCUT2D eigenvalue weighted by atomic mass is 10.2. The zero-order valence-corrected chi connectivity index (χ0v) is 12.1. The van der Waals surface area contributed by atoms with Gasteiger partial charge in [0, 0.05) is 37.7 Å². The molecular weight excluding hydrogens is 240 g/mol. The fraction of sp³-hybridized carbons (Fsp3) is 0.714. The Labute approximate surface area is 114 Å². The first-order chi connectivity index (χ1) is 9.11. The maximum Gasteiger partial charge on any atom is 0.240 e. The van der Waals surface area contributed by atoms with Gasteiger partial charge < -0.3 is 15.2 Å². The van der Waals surface area contributed by atoms with Crippen LogP contribution in [0.3, 0.4) is 0 Å². The lowest BCUT2D eigenvalue weighted by molar-refractivity contribution is -0.122. The summed E-state index contributed by atoms with van der Waals surface area (Å²) >= 11 is 0. The van der Waals surface area contributed by atoms with E-state index in [0.29, 0.717) is 6.54 Å². The Balaban J connectivity index is 2.21. The minimum Gasteiger partial charge on any atom is -0.352 e. The molecule has 0 atom stereocenters. The minimum absolute atomic E-state index is 0.0751. The van der Waals surface area contributed by atoms with Gasteiger partial charge in [-0.2, -0.15) is 0 Å². The van der Waals surface area contributed by atoms with E-state index < -0.39 is 0 Å². The molecule has 1 aliphatic rings. The number of carbonyl (C=O) groups excluding carboxylic acids is 1. The topological polar surface area (TPSA) is 59.0 Å². The number of nitrogens with one attached hydrogen (secondary N) is 2. The molecule has 0 unspecified atom stereocenters. The van der Waals surface area contributed by atoms with E-state index >= 15 is 0 Å². The first-order valence-corrected chi connectivity index (χ1v) is 7.19. The van der Waals surface area contributed by atoms with Gasteiger partial charge in [0.1, 0.15) is 12.4 Å². The van der Waals surface area contributed by atoms with Gasteiger partial charge in [-0.1, -0.05) is 6.92 Å². The van der Waals surface area contributed by atoms with Gasteiger partial charge in [0.25, 0.3) is 0 Å². The molecule has 2 rings (SSSR count). The van der Waals surface area contributed by atoms with Crippen LogP contribution in [0.15, 0.2) is 0 Å². The molecule has 106 valence electrons. The van der Waals surface area contributed by atoms with Crippen molar-refractivity contribution < 1.29 is 4.79 Å². The van der Waals surface area contributed by atoms with Gasteiger partial charge in [0.05, 0.1) is 5.69 Å². The summed E-state index contributed by atoms with van der Waals surface area (Å²) in [4.78, 5) is 16.7. The number of rotatable bonds is 5. The minimum atomic E-state index is 0.0751. The van der Waals surface area contributed by atoms with Crippen molar-refractivity contribution in [2.75, 3.05) is 6.54 Å². The van der Waals surface area contributed by atoms with Crippen molar-refractivity contribution in [2.45, 2.75) is 59.2 Å². The molecule has 0 saturated heterocycles. The zero-order valence-electron chi connectivity index (χ0n) is 12.1. The highest BCUT2D eigenvalue weighted by Crippen LogP contribution is 2.17. The summed E-state index contributed by atoms with van der Waals surface area (Å²) in [5.41, 5.74) is 2.35. The molecule has 0 radical (unpaired) electrons. The number of aromatic nitrogens is 2. The van der Waals surface area contributed by atoms with Crippen LogP contribution in [0.1, 0.15) is 44.4 Å². The fourth-order valence-corrected chi connectivity index (χ4v) is 2.54. The van der Waals surface area contributed by atoms with Crippen molar-refractivity contribution in [3.05, 3.63) is 17.2 Å². The quantitative estimate of drug-likeness (QED) is 0.834. The molecular formula is C14H24N4O. The van der Waals surface area contributed by atoms with Crippen LogP contribution in [0, 0.1) is 0 Å². The van der Waals surface area contributed by atoms with E-state index in [-0.39, 0.29) is 11.9 Å². The van der Waals surface area contributed by atoms with Crippen LogP contribution in [0.4, 0.5) is 0 Å². The largest absolute Gasteiger partial charge is 0.352 e. The van der Waals surface area contributed by atoms with Crippen molar-refractivity contribution in [3.8, 4) is 0 Å².